The molecule has 2 rings (SSSR count). The molecule has 0 radical (unpaired) electrons. The monoisotopic (exact) mass is 254 g/mol. The van der Waals surface area contributed by atoms with Gasteiger partial charge in [0.1, 0.15) is 0 Å². The molecule has 1 saturated heterocycles. The largest absolute Gasteiger partial charge is 0.481 e. The van der Waals surface area contributed by atoms with Crippen LogP contribution in [0.2, 0.25) is 0 Å². The number of carbonyl (C=O) groups excluding carboxylic acids is 1. The second-order valence-corrected chi connectivity index (χ2v) is 5.59. The highest BCUT2D eigenvalue weighted by Gasteiger charge is 2.38. The molecule has 1 saturated carbocycles. The summed E-state index contributed by atoms with van der Waals surface area (Å²) in [7, 11) is 0. The molecule has 0 spiro atoms. The van der Waals surface area contributed by atoms with Gasteiger partial charge in [-0.3, -0.25) is 9.59 Å². The molecule has 4 atom stereocenters. The van der Waals surface area contributed by atoms with Gasteiger partial charge in [0, 0.05) is 12.6 Å². The van der Waals surface area contributed by atoms with E-state index in [1.54, 1.807) is 6.92 Å². The van der Waals surface area contributed by atoms with Crippen LogP contribution in [0.3, 0.4) is 0 Å². The van der Waals surface area contributed by atoms with Crippen molar-refractivity contribution in [1.29, 1.82) is 0 Å². The Balaban J connectivity index is 1.78. The molecular formula is C13H22N2O3. The molecule has 0 aromatic rings. The number of rotatable bonds is 4. The summed E-state index contributed by atoms with van der Waals surface area (Å²) in [5.74, 6) is -0.815. The molecule has 3 N–H and O–H groups in total. The maximum absolute atomic E-state index is 11.9. The van der Waals surface area contributed by atoms with Crippen LogP contribution in [-0.4, -0.2) is 35.6 Å². The van der Waals surface area contributed by atoms with Gasteiger partial charge < -0.3 is 15.7 Å². The topological polar surface area (TPSA) is 78.4 Å². The number of fused-ring (bicyclic) bond motifs is 1. The van der Waals surface area contributed by atoms with E-state index in [9.17, 15) is 9.59 Å². The summed E-state index contributed by atoms with van der Waals surface area (Å²) in [6.07, 6.45) is 5.80. The number of aliphatic carboxylic acids is 1. The first-order valence-corrected chi connectivity index (χ1v) is 6.84. The van der Waals surface area contributed by atoms with Crippen molar-refractivity contribution in [2.45, 2.75) is 51.1 Å². The fourth-order valence-corrected chi connectivity index (χ4v) is 2.99. The van der Waals surface area contributed by atoms with E-state index in [0.717, 1.165) is 6.42 Å². The van der Waals surface area contributed by atoms with Crippen molar-refractivity contribution < 1.29 is 14.7 Å². The minimum absolute atomic E-state index is 0.0440. The Morgan fingerprint density at radius 1 is 1.39 bits per heavy atom. The number of hydrogen-bond acceptors (Lipinski definition) is 3. The highest BCUT2D eigenvalue weighted by atomic mass is 16.4. The summed E-state index contributed by atoms with van der Waals surface area (Å²) in [5.41, 5.74) is 0. The number of nitrogens with one attached hydrogen (secondary N) is 2. The summed E-state index contributed by atoms with van der Waals surface area (Å²) in [6, 6.07) is 0.366. The number of carboxylic acid groups (broad SMARTS) is 1. The van der Waals surface area contributed by atoms with E-state index in [4.69, 9.17) is 5.11 Å². The first-order chi connectivity index (χ1) is 8.58. The number of amides is 1. The Hall–Kier alpha value is -1.10. The van der Waals surface area contributed by atoms with Crippen LogP contribution in [0.1, 0.15) is 39.0 Å². The van der Waals surface area contributed by atoms with E-state index in [2.05, 4.69) is 10.6 Å². The fraction of sp³-hybridized carbons (Fsp3) is 0.846. The van der Waals surface area contributed by atoms with Gasteiger partial charge in [0.05, 0.1) is 12.0 Å². The summed E-state index contributed by atoms with van der Waals surface area (Å²) in [6.45, 7) is 1.81. The fourth-order valence-electron chi connectivity index (χ4n) is 2.99. The van der Waals surface area contributed by atoms with E-state index in [1.165, 1.54) is 25.7 Å². The highest BCUT2D eigenvalue weighted by molar-refractivity contribution is 5.82. The maximum Gasteiger partial charge on any atom is 0.308 e. The lowest BCUT2D eigenvalue weighted by Gasteiger charge is -2.24. The SMILES string of the molecule is CC(CNC(=O)C1CC2CCCCC2N1)C(=O)O. The van der Waals surface area contributed by atoms with E-state index in [0.29, 0.717) is 12.0 Å². The van der Waals surface area contributed by atoms with Crippen LogP contribution in [-0.2, 0) is 9.59 Å². The Labute approximate surface area is 107 Å². The lowest BCUT2D eigenvalue weighted by molar-refractivity contribution is -0.141. The van der Waals surface area contributed by atoms with Crippen molar-refractivity contribution >= 4 is 11.9 Å². The molecule has 0 aromatic heterocycles. The molecule has 1 aliphatic heterocycles. The molecule has 1 amide bonds. The van der Waals surface area contributed by atoms with Crippen molar-refractivity contribution in [2.24, 2.45) is 11.8 Å². The molecule has 1 heterocycles. The van der Waals surface area contributed by atoms with Gasteiger partial charge in [0.2, 0.25) is 5.91 Å². The average molecular weight is 254 g/mol. The van der Waals surface area contributed by atoms with Crippen LogP contribution in [0, 0.1) is 11.8 Å². The molecule has 2 fully saturated rings. The molecule has 4 unspecified atom stereocenters. The summed E-state index contributed by atoms with van der Waals surface area (Å²) in [5, 5.41) is 14.9. The molecular weight excluding hydrogens is 232 g/mol. The zero-order chi connectivity index (χ0) is 13.1. The second kappa shape index (κ2) is 5.69. The molecule has 2 aliphatic rings. The Morgan fingerprint density at radius 2 is 2.11 bits per heavy atom. The second-order valence-electron chi connectivity index (χ2n) is 5.59. The quantitative estimate of drug-likeness (QED) is 0.691. The Kier molecular flexibility index (Phi) is 4.22. The third-order valence-corrected chi connectivity index (χ3v) is 4.18. The molecule has 18 heavy (non-hydrogen) atoms. The van der Waals surface area contributed by atoms with Gasteiger partial charge in [-0.25, -0.2) is 0 Å². The molecule has 0 aromatic carbocycles. The van der Waals surface area contributed by atoms with Crippen LogP contribution in [0.15, 0.2) is 0 Å². The lowest BCUT2D eigenvalue weighted by Crippen LogP contribution is -2.44. The molecule has 102 valence electrons. The summed E-state index contributed by atoms with van der Waals surface area (Å²) >= 11 is 0. The van der Waals surface area contributed by atoms with Gasteiger partial charge in [-0.05, 0) is 25.2 Å². The van der Waals surface area contributed by atoms with Crippen molar-refractivity contribution in [3.05, 3.63) is 0 Å². The van der Waals surface area contributed by atoms with E-state index >= 15 is 0 Å². The zero-order valence-corrected chi connectivity index (χ0v) is 10.8. The number of hydrogen-bond donors (Lipinski definition) is 3. The molecule has 0 bridgehead atoms. The normalized spacial score (nSPS) is 32.6. The van der Waals surface area contributed by atoms with Crippen LogP contribution in [0.25, 0.3) is 0 Å². The zero-order valence-electron chi connectivity index (χ0n) is 10.8. The van der Waals surface area contributed by atoms with Crippen molar-refractivity contribution in [3.63, 3.8) is 0 Å². The van der Waals surface area contributed by atoms with Gasteiger partial charge >= 0.3 is 5.97 Å². The summed E-state index contributed by atoms with van der Waals surface area (Å²) < 4.78 is 0. The highest BCUT2D eigenvalue weighted by Crippen LogP contribution is 2.33. The average Bonchev–Trinajstić information content (AvgIpc) is 2.79. The van der Waals surface area contributed by atoms with Gasteiger partial charge in [-0.15, -0.1) is 0 Å². The molecule has 5 nitrogen and oxygen atoms in total. The van der Waals surface area contributed by atoms with Gasteiger partial charge in [0.15, 0.2) is 0 Å². The minimum atomic E-state index is -0.872. The van der Waals surface area contributed by atoms with Gasteiger partial charge in [0.25, 0.3) is 0 Å². The lowest BCUT2D eigenvalue weighted by atomic mass is 9.85. The van der Waals surface area contributed by atoms with Crippen LogP contribution >= 0.6 is 0 Å². The van der Waals surface area contributed by atoms with E-state index < -0.39 is 11.9 Å². The Morgan fingerprint density at radius 3 is 2.78 bits per heavy atom. The molecule has 5 heteroatoms. The Bertz CT molecular complexity index is 318. The smallest absolute Gasteiger partial charge is 0.308 e. The van der Waals surface area contributed by atoms with Crippen molar-refractivity contribution in [1.82, 2.24) is 10.6 Å². The first kappa shape index (κ1) is 13.3. The van der Waals surface area contributed by atoms with Crippen molar-refractivity contribution in [3.8, 4) is 0 Å². The van der Waals surface area contributed by atoms with Gasteiger partial charge in [-0.2, -0.15) is 0 Å². The molecule has 1 aliphatic carbocycles. The predicted molar refractivity (Wildman–Crippen MR) is 67.1 cm³/mol. The third kappa shape index (κ3) is 3.02. The van der Waals surface area contributed by atoms with E-state index in [1.807, 2.05) is 0 Å². The summed E-state index contributed by atoms with van der Waals surface area (Å²) in [4.78, 5) is 22.6. The van der Waals surface area contributed by atoms with E-state index in [-0.39, 0.29) is 18.5 Å². The first-order valence-electron chi connectivity index (χ1n) is 6.84. The standard InChI is InChI=1S/C13H22N2O3/c1-8(13(17)18)7-14-12(16)11-6-9-4-2-3-5-10(9)15-11/h8-11,15H,2-7H2,1H3,(H,14,16)(H,17,18). The van der Waals surface area contributed by atoms with Crippen molar-refractivity contribution in [2.75, 3.05) is 6.54 Å². The third-order valence-electron chi connectivity index (χ3n) is 4.18. The number of carboxylic acids is 1. The predicted octanol–water partition coefficient (Wildman–Crippen LogP) is 0.744. The van der Waals surface area contributed by atoms with Crippen LogP contribution in [0.5, 0.6) is 0 Å². The number of carbonyl (C=O) groups is 2. The maximum atomic E-state index is 11.9. The van der Waals surface area contributed by atoms with Crippen LogP contribution in [0.4, 0.5) is 0 Å². The minimum Gasteiger partial charge on any atom is -0.481 e. The van der Waals surface area contributed by atoms with Gasteiger partial charge in [-0.1, -0.05) is 19.8 Å². The van der Waals surface area contributed by atoms with Crippen LogP contribution < -0.4 is 10.6 Å².